The van der Waals surface area contributed by atoms with Crippen molar-refractivity contribution in [1.29, 1.82) is 0 Å². The molecule has 1 aliphatic carbocycles. The third-order valence-electron chi connectivity index (χ3n) is 3.64. The van der Waals surface area contributed by atoms with Gasteiger partial charge in [0.15, 0.2) is 0 Å². The van der Waals surface area contributed by atoms with Crippen LogP contribution in [0.4, 0.5) is 17.8 Å². The number of hydrogen-bond acceptors (Lipinski definition) is 7. The molecular formula is C13H24N6O. The summed E-state index contributed by atoms with van der Waals surface area (Å²) in [5.74, 6) is 1.34. The van der Waals surface area contributed by atoms with Crippen LogP contribution in [0.5, 0.6) is 0 Å². The van der Waals surface area contributed by atoms with Crippen molar-refractivity contribution in [3.63, 3.8) is 0 Å². The molecule has 0 spiro atoms. The Morgan fingerprint density at radius 2 is 1.75 bits per heavy atom. The molecule has 0 radical (unpaired) electrons. The van der Waals surface area contributed by atoms with Gasteiger partial charge in [-0.25, -0.2) is 0 Å². The lowest BCUT2D eigenvalue weighted by atomic mass is 9.94. The fourth-order valence-electron chi connectivity index (χ4n) is 2.64. The maximum absolute atomic E-state index is 9.32. The van der Waals surface area contributed by atoms with Crippen molar-refractivity contribution in [2.45, 2.75) is 38.1 Å². The number of aliphatic hydroxyl groups is 1. The molecule has 0 amide bonds. The molecule has 1 fully saturated rings. The SMILES string of the molecule is CN(C)c1nc(N)nc(N(CCO)C2CCCCC2)n1. The molecule has 1 aromatic heterocycles. The first kappa shape index (κ1) is 14.8. The largest absolute Gasteiger partial charge is 0.395 e. The van der Waals surface area contributed by atoms with E-state index in [-0.39, 0.29) is 12.6 Å². The Balaban J connectivity index is 2.27. The number of aromatic nitrogens is 3. The van der Waals surface area contributed by atoms with E-state index in [1.165, 1.54) is 19.3 Å². The average Bonchev–Trinajstić information content (AvgIpc) is 2.45. The number of hydrogen-bond donors (Lipinski definition) is 2. The molecule has 0 aromatic carbocycles. The van der Waals surface area contributed by atoms with Crippen molar-refractivity contribution in [2.75, 3.05) is 42.8 Å². The summed E-state index contributed by atoms with van der Waals surface area (Å²) in [7, 11) is 3.74. The number of anilines is 3. The van der Waals surface area contributed by atoms with Crippen LogP contribution in [-0.2, 0) is 0 Å². The summed E-state index contributed by atoms with van der Waals surface area (Å²) in [5, 5.41) is 9.32. The van der Waals surface area contributed by atoms with E-state index in [1.54, 1.807) is 4.90 Å². The van der Waals surface area contributed by atoms with Crippen molar-refractivity contribution in [3.8, 4) is 0 Å². The normalized spacial score (nSPS) is 16.1. The predicted octanol–water partition coefficient (Wildman–Crippen LogP) is 0.651. The topological polar surface area (TPSA) is 91.4 Å². The van der Waals surface area contributed by atoms with Crippen molar-refractivity contribution < 1.29 is 5.11 Å². The maximum atomic E-state index is 9.32. The Morgan fingerprint density at radius 3 is 2.35 bits per heavy atom. The average molecular weight is 280 g/mol. The van der Waals surface area contributed by atoms with Crippen LogP contribution in [-0.4, -0.2) is 53.3 Å². The lowest BCUT2D eigenvalue weighted by Gasteiger charge is -2.34. The van der Waals surface area contributed by atoms with Gasteiger partial charge in [-0.3, -0.25) is 0 Å². The van der Waals surface area contributed by atoms with Crippen LogP contribution in [0.2, 0.25) is 0 Å². The van der Waals surface area contributed by atoms with Crippen molar-refractivity contribution >= 4 is 17.8 Å². The second-order valence-electron chi connectivity index (χ2n) is 5.40. The molecule has 7 nitrogen and oxygen atoms in total. The van der Waals surface area contributed by atoms with Crippen LogP contribution in [0.3, 0.4) is 0 Å². The van der Waals surface area contributed by atoms with Crippen LogP contribution in [0.1, 0.15) is 32.1 Å². The zero-order chi connectivity index (χ0) is 14.5. The van der Waals surface area contributed by atoms with Crippen molar-refractivity contribution in [2.24, 2.45) is 0 Å². The molecule has 1 aromatic rings. The van der Waals surface area contributed by atoms with Gasteiger partial charge in [-0.1, -0.05) is 19.3 Å². The zero-order valence-corrected chi connectivity index (χ0v) is 12.3. The van der Waals surface area contributed by atoms with E-state index in [0.29, 0.717) is 24.5 Å². The Hall–Kier alpha value is -1.63. The fraction of sp³-hybridized carbons (Fsp3) is 0.769. The number of nitrogen functional groups attached to an aromatic ring is 1. The lowest BCUT2D eigenvalue weighted by Crippen LogP contribution is -2.40. The molecule has 1 heterocycles. The smallest absolute Gasteiger partial charge is 0.232 e. The molecule has 0 atom stereocenters. The van der Waals surface area contributed by atoms with Crippen LogP contribution < -0.4 is 15.5 Å². The van der Waals surface area contributed by atoms with Gasteiger partial charge < -0.3 is 20.6 Å². The van der Waals surface area contributed by atoms with Gasteiger partial charge in [-0.05, 0) is 12.8 Å². The number of aliphatic hydroxyl groups excluding tert-OH is 1. The summed E-state index contributed by atoms with van der Waals surface area (Å²) < 4.78 is 0. The van der Waals surface area contributed by atoms with Gasteiger partial charge in [0.1, 0.15) is 0 Å². The van der Waals surface area contributed by atoms with Crippen molar-refractivity contribution in [3.05, 3.63) is 0 Å². The summed E-state index contributed by atoms with van der Waals surface area (Å²) in [5.41, 5.74) is 5.78. The summed E-state index contributed by atoms with van der Waals surface area (Å²) >= 11 is 0. The third kappa shape index (κ3) is 3.47. The van der Waals surface area contributed by atoms with Gasteiger partial charge in [-0.2, -0.15) is 15.0 Å². The number of nitrogens with two attached hydrogens (primary N) is 1. The second-order valence-corrected chi connectivity index (χ2v) is 5.40. The van der Waals surface area contributed by atoms with Crippen LogP contribution >= 0.6 is 0 Å². The first-order valence-corrected chi connectivity index (χ1v) is 7.18. The van der Waals surface area contributed by atoms with Crippen LogP contribution in [0, 0.1) is 0 Å². The zero-order valence-electron chi connectivity index (χ0n) is 12.3. The van der Waals surface area contributed by atoms with E-state index in [0.717, 1.165) is 12.8 Å². The molecule has 0 bridgehead atoms. The summed E-state index contributed by atoms with van der Waals surface area (Å²) in [4.78, 5) is 16.7. The van der Waals surface area contributed by atoms with Crippen LogP contribution in [0.25, 0.3) is 0 Å². The van der Waals surface area contributed by atoms with Gasteiger partial charge in [0.05, 0.1) is 6.61 Å². The summed E-state index contributed by atoms with van der Waals surface area (Å²) in [6.45, 7) is 0.611. The lowest BCUT2D eigenvalue weighted by molar-refractivity contribution is 0.288. The molecule has 7 heteroatoms. The van der Waals surface area contributed by atoms with E-state index in [4.69, 9.17) is 5.73 Å². The summed E-state index contributed by atoms with van der Waals surface area (Å²) in [6, 6.07) is 0.382. The monoisotopic (exact) mass is 280 g/mol. The van der Waals surface area contributed by atoms with Crippen molar-refractivity contribution in [1.82, 2.24) is 15.0 Å². The molecule has 112 valence electrons. The Labute approximate surface area is 119 Å². The summed E-state index contributed by atoms with van der Waals surface area (Å²) in [6.07, 6.45) is 5.94. The van der Waals surface area contributed by atoms with E-state index in [9.17, 15) is 5.11 Å². The fourth-order valence-corrected chi connectivity index (χ4v) is 2.64. The molecule has 3 N–H and O–H groups in total. The minimum Gasteiger partial charge on any atom is -0.395 e. The van der Waals surface area contributed by atoms with Gasteiger partial charge in [0.2, 0.25) is 17.8 Å². The van der Waals surface area contributed by atoms with E-state index in [1.807, 2.05) is 14.1 Å². The Bertz CT molecular complexity index is 433. The highest BCUT2D eigenvalue weighted by molar-refractivity contribution is 5.43. The minimum atomic E-state index is 0.0827. The van der Waals surface area contributed by atoms with Gasteiger partial charge in [-0.15, -0.1) is 0 Å². The molecule has 20 heavy (non-hydrogen) atoms. The quantitative estimate of drug-likeness (QED) is 0.818. The van der Waals surface area contributed by atoms with Gasteiger partial charge in [0.25, 0.3) is 0 Å². The van der Waals surface area contributed by atoms with Gasteiger partial charge in [0, 0.05) is 26.7 Å². The maximum Gasteiger partial charge on any atom is 0.232 e. The Kier molecular flexibility index (Phi) is 4.94. The highest BCUT2D eigenvalue weighted by Crippen LogP contribution is 2.26. The molecule has 0 aliphatic heterocycles. The highest BCUT2D eigenvalue weighted by Gasteiger charge is 2.24. The van der Waals surface area contributed by atoms with E-state index >= 15 is 0 Å². The molecule has 0 unspecified atom stereocenters. The molecule has 2 rings (SSSR count). The molecule has 1 saturated carbocycles. The second kappa shape index (κ2) is 6.69. The highest BCUT2D eigenvalue weighted by atomic mass is 16.3. The van der Waals surface area contributed by atoms with E-state index in [2.05, 4.69) is 19.9 Å². The predicted molar refractivity (Wildman–Crippen MR) is 79.9 cm³/mol. The number of nitrogens with zero attached hydrogens (tertiary/aromatic N) is 5. The first-order chi connectivity index (χ1) is 9.61. The number of rotatable bonds is 5. The third-order valence-corrected chi connectivity index (χ3v) is 3.64. The van der Waals surface area contributed by atoms with Gasteiger partial charge >= 0.3 is 0 Å². The standard InChI is InChI=1S/C13H24N6O/c1-18(2)12-15-11(14)16-13(17-12)19(8-9-20)10-6-4-3-5-7-10/h10,20H,3-9H2,1-2H3,(H2,14,15,16,17). The Morgan fingerprint density at radius 1 is 1.10 bits per heavy atom. The first-order valence-electron chi connectivity index (χ1n) is 7.18. The van der Waals surface area contributed by atoms with E-state index < -0.39 is 0 Å². The minimum absolute atomic E-state index is 0.0827. The molecule has 0 saturated heterocycles. The van der Waals surface area contributed by atoms with Crippen LogP contribution in [0.15, 0.2) is 0 Å². The molecular weight excluding hydrogens is 256 g/mol. The molecule has 1 aliphatic rings.